The highest BCUT2D eigenvalue weighted by Crippen LogP contribution is 2.09. The second-order valence-electron chi connectivity index (χ2n) is 5.58. The van der Waals surface area contributed by atoms with Gasteiger partial charge in [0.25, 0.3) is 5.91 Å². The Morgan fingerprint density at radius 1 is 1.23 bits per heavy atom. The Morgan fingerprint density at radius 2 is 1.86 bits per heavy atom. The van der Waals surface area contributed by atoms with E-state index in [1.54, 1.807) is 0 Å². The van der Waals surface area contributed by atoms with Crippen molar-refractivity contribution in [2.24, 2.45) is 5.92 Å². The summed E-state index contributed by atoms with van der Waals surface area (Å²) in [5.74, 6) is -1.87. The van der Waals surface area contributed by atoms with E-state index in [1.165, 1.54) is 0 Å². The van der Waals surface area contributed by atoms with E-state index in [2.05, 4.69) is 10.4 Å². The molecule has 118 valence electrons. The summed E-state index contributed by atoms with van der Waals surface area (Å²) < 4.78 is 28.1. The highest BCUT2D eigenvalue weighted by molar-refractivity contribution is 5.94. The fourth-order valence-corrected chi connectivity index (χ4v) is 2.27. The molecule has 0 aliphatic carbocycles. The number of hydrogen-bond acceptors (Lipinski definition) is 2. The maximum atomic E-state index is 13.1. The molecule has 1 aromatic carbocycles. The van der Waals surface area contributed by atoms with Crippen molar-refractivity contribution in [3.8, 4) is 0 Å². The number of benzene rings is 1. The van der Waals surface area contributed by atoms with Crippen molar-refractivity contribution >= 4 is 5.91 Å². The number of carbonyl (C=O) groups excluding carboxylic acids is 1. The fourth-order valence-electron chi connectivity index (χ4n) is 2.27. The van der Waals surface area contributed by atoms with Crippen LogP contribution < -0.4 is 5.32 Å². The molecule has 0 fully saturated rings. The smallest absolute Gasteiger partial charge is 0.251 e. The first-order chi connectivity index (χ1) is 10.3. The number of amides is 1. The van der Waals surface area contributed by atoms with E-state index >= 15 is 0 Å². The van der Waals surface area contributed by atoms with Gasteiger partial charge in [0, 0.05) is 30.4 Å². The molecule has 1 heterocycles. The van der Waals surface area contributed by atoms with Crippen LogP contribution in [0.2, 0.25) is 0 Å². The van der Waals surface area contributed by atoms with Gasteiger partial charge in [-0.1, -0.05) is 6.92 Å². The molecule has 0 aliphatic rings. The number of halogens is 2. The van der Waals surface area contributed by atoms with Crippen LogP contribution in [-0.4, -0.2) is 22.2 Å². The first-order valence-electron chi connectivity index (χ1n) is 7.10. The second kappa shape index (κ2) is 6.68. The summed E-state index contributed by atoms with van der Waals surface area (Å²) in [7, 11) is 0. The molecule has 0 bridgehead atoms. The normalized spacial score (nSPS) is 12.2. The minimum atomic E-state index is -0.763. The first-order valence-corrected chi connectivity index (χ1v) is 7.10. The SMILES string of the molecule is Cc1cc(C)n(C[C@@H](C)CNC(=O)c2cc(F)cc(F)c2)n1. The van der Waals surface area contributed by atoms with Crippen molar-refractivity contribution in [3.63, 3.8) is 0 Å². The lowest BCUT2D eigenvalue weighted by Gasteiger charge is -2.14. The molecule has 0 saturated heterocycles. The van der Waals surface area contributed by atoms with Crippen LogP contribution in [0.5, 0.6) is 0 Å². The largest absolute Gasteiger partial charge is 0.352 e. The maximum Gasteiger partial charge on any atom is 0.251 e. The van der Waals surface area contributed by atoms with Crippen molar-refractivity contribution in [1.82, 2.24) is 15.1 Å². The number of carbonyl (C=O) groups is 1. The Hall–Kier alpha value is -2.24. The van der Waals surface area contributed by atoms with Crippen molar-refractivity contribution in [3.05, 3.63) is 52.9 Å². The Kier molecular flexibility index (Phi) is 4.90. The van der Waals surface area contributed by atoms with E-state index < -0.39 is 17.5 Å². The predicted octanol–water partition coefficient (Wildman–Crippen LogP) is 2.84. The zero-order valence-electron chi connectivity index (χ0n) is 12.9. The Balaban J connectivity index is 1.91. The van der Waals surface area contributed by atoms with Gasteiger partial charge in [-0.25, -0.2) is 8.78 Å². The Morgan fingerprint density at radius 3 is 2.41 bits per heavy atom. The minimum Gasteiger partial charge on any atom is -0.352 e. The second-order valence-corrected chi connectivity index (χ2v) is 5.58. The summed E-state index contributed by atoms with van der Waals surface area (Å²) in [5, 5.41) is 7.05. The van der Waals surface area contributed by atoms with Crippen molar-refractivity contribution in [1.29, 1.82) is 0 Å². The van der Waals surface area contributed by atoms with Gasteiger partial charge in [0.1, 0.15) is 11.6 Å². The van der Waals surface area contributed by atoms with Crippen molar-refractivity contribution < 1.29 is 13.6 Å². The molecule has 0 aliphatic heterocycles. The van der Waals surface area contributed by atoms with E-state index in [0.29, 0.717) is 13.1 Å². The molecule has 0 saturated carbocycles. The summed E-state index contributed by atoms with van der Waals surface area (Å²) >= 11 is 0. The third-order valence-corrected chi connectivity index (χ3v) is 3.32. The van der Waals surface area contributed by atoms with Crippen LogP contribution in [0.1, 0.15) is 28.7 Å². The molecule has 2 aromatic rings. The summed E-state index contributed by atoms with van der Waals surface area (Å²) in [6, 6.07) is 4.76. The molecule has 1 amide bonds. The summed E-state index contributed by atoms with van der Waals surface area (Å²) in [6.45, 7) is 6.94. The molecule has 1 aromatic heterocycles. The van der Waals surface area contributed by atoms with Crippen LogP contribution >= 0.6 is 0 Å². The third kappa shape index (κ3) is 4.13. The third-order valence-electron chi connectivity index (χ3n) is 3.32. The molecule has 2 rings (SSSR count). The van der Waals surface area contributed by atoms with Gasteiger partial charge >= 0.3 is 0 Å². The quantitative estimate of drug-likeness (QED) is 0.923. The number of rotatable bonds is 5. The van der Waals surface area contributed by atoms with Crippen LogP contribution in [0.15, 0.2) is 24.3 Å². The Labute approximate surface area is 128 Å². The van der Waals surface area contributed by atoms with Gasteiger partial charge in [-0.15, -0.1) is 0 Å². The number of hydrogen-bond donors (Lipinski definition) is 1. The number of aryl methyl sites for hydroxylation is 2. The number of nitrogens with zero attached hydrogens (tertiary/aromatic N) is 2. The van der Waals surface area contributed by atoms with Crippen molar-refractivity contribution in [2.75, 3.05) is 6.54 Å². The molecular formula is C16H19F2N3O. The van der Waals surface area contributed by atoms with Gasteiger partial charge in [-0.2, -0.15) is 5.10 Å². The van der Waals surface area contributed by atoms with Gasteiger partial charge in [0.15, 0.2) is 0 Å². The maximum absolute atomic E-state index is 13.1. The van der Waals surface area contributed by atoms with Gasteiger partial charge in [0.05, 0.1) is 5.69 Å². The molecule has 1 atom stereocenters. The standard InChI is InChI=1S/C16H19F2N3O/c1-10(9-21-12(3)4-11(2)20-21)8-19-16(22)13-5-14(17)7-15(18)6-13/h4-7,10H,8-9H2,1-3H3,(H,19,22)/t10-/m0/s1. The molecule has 4 nitrogen and oxygen atoms in total. The number of aromatic nitrogens is 2. The highest BCUT2D eigenvalue weighted by Gasteiger charge is 2.12. The zero-order valence-corrected chi connectivity index (χ0v) is 12.9. The minimum absolute atomic E-state index is 0.0178. The van der Waals surface area contributed by atoms with Gasteiger partial charge < -0.3 is 5.32 Å². The summed E-state index contributed by atoms with van der Waals surface area (Å²) in [5.41, 5.74) is 1.99. The molecule has 0 radical (unpaired) electrons. The molecule has 1 N–H and O–H groups in total. The van der Waals surface area contributed by atoms with Crippen LogP contribution in [0.3, 0.4) is 0 Å². The summed E-state index contributed by atoms with van der Waals surface area (Å²) in [6.07, 6.45) is 0. The predicted molar refractivity (Wildman–Crippen MR) is 79.6 cm³/mol. The monoisotopic (exact) mass is 307 g/mol. The van der Waals surface area contributed by atoms with Gasteiger partial charge in [-0.3, -0.25) is 9.48 Å². The average molecular weight is 307 g/mol. The Bertz CT molecular complexity index is 662. The topological polar surface area (TPSA) is 46.9 Å². The van der Waals surface area contributed by atoms with Crippen LogP contribution in [0, 0.1) is 31.4 Å². The first kappa shape index (κ1) is 16.1. The van der Waals surface area contributed by atoms with E-state index in [-0.39, 0.29) is 11.5 Å². The zero-order chi connectivity index (χ0) is 16.3. The highest BCUT2D eigenvalue weighted by atomic mass is 19.1. The molecule has 0 unspecified atom stereocenters. The molecular weight excluding hydrogens is 288 g/mol. The molecule has 0 spiro atoms. The van der Waals surface area contributed by atoms with Crippen LogP contribution in [-0.2, 0) is 6.54 Å². The number of nitrogens with one attached hydrogen (secondary N) is 1. The van der Waals surface area contributed by atoms with Crippen molar-refractivity contribution in [2.45, 2.75) is 27.3 Å². The summed E-state index contributed by atoms with van der Waals surface area (Å²) in [4.78, 5) is 11.9. The van der Waals surface area contributed by atoms with E-state index in [0.717, 1.165) is 29.6 Å². The molecule has 22 heavy (non-hydrogen) atoms. The van der Waals surface area contributed by atoms with E-state index in [1.807, 2.05) is 31.5 Å². The lowest BCUT2D eigenvalue weighted by atomic mass is 10.1. The van der Waals surface area contributed by atoms with Crippen LogP contribution in [0.4, 0.5) is 8.78 Å². The average Bonchev–Trinajstić information content (AvgIpc) is 2.73. The molecule has 6 heteroatoms. The lowest BCUT2D eigenvalue weighted by Crippen LogP contribution is -2.30. The van der Waals surface area contributed by atoms with Gasteiger partial charge in [-0.05, 0) is 38.0 Å². The van der Waals surface area contributed by atoms with Gasteiger partial charge in [0.2, 0.25) is 0 Å². The van der Waals surface area contributed by atoms with Crippen LogP contribution in [0.25, 0.3) is 0 Å². The van der Waals surface area contributed by atoms with E-state index in [4.69, 9.17) is 0 Å². The van der Waals surface area contributed by atoms with E-state index in [9.17, 15) is 13.6 Å². The lowest BCUT2D eigenvalue weighted by molar-refractivity contribution is 0.0945. The fraction of sp³-hybridized carbons (Fsp3) is 0.375.